The maximum absolute atomic E-state index is 12.5. The Morgan fingerprint density at radius 3 is 2.57 bits per heavy atom. The number of nitrogens with one attached hydrogen (secondary N) is 3. The van der Waals surface area contributed by atoms with Crippen LogP contribution in [-0.4, -0.2) is 29.4 Å². The Kier molecular flexibility index (Phi) is 4.47. The van der Waals surface area contributed by atoms with Crippen molar-refractivity contribution >= 4 is 44.4 Å². The van der Waals surface area contributed by atoms with Gasteiger partial charge < -0.3 is 15.1 Å². The van der Waals surface area contributed by atoms with Crippen molar-refractivity contribution in [2.45, 2.75) is 23.8 Å². The first-order chi connectivity index (χ1) is 14.6. The topological polar surface area (TPSA) is 122 Å². The molecule has 1 aromatic carbocycles. The van der Waals surface area contributed by atoms with E-state index in [9.17, 15) is 8.42 Å². The molecule has 0 amide bonds. The van der Waals surface area contributed by atoms with Gasteiger partial charge in [-0.15, -0.1) is 0 Å². The second kappa shape index (κ2) is 7.30. The summed E-state index contributed by atoms with van der Waals surface area (Å²) in [6.07, 6.45) is 5.32. The van der Waals surface area contributed by atoms with Crippen LogP contribution in [0.1, 0.15) is 12.8 Å². The second-order valence-electron chi connectivity index (χ2n) is 6.92. The molecule has 5 rings (SSSR count). The van der Waals surface area contributed by atoms with Crippen molar-refractivity contribution in [2.75, 3.05) is 15.4 Å². The molecule has 30 heavy (non-hydrogen) atoms. The van der Waals surface area contributed by atoms with Gasteiger partial charge in [0.05, 0.1) is 11.2 Å². The zero-order chi connectivity index (χ0) is 20.6. The average molecular weight is 422 g/mol. The quantitative estimate of drug-likeness (QED) is 0.412. The molecule has 3 aromatic heterocycles. The van der Waals surface area contributed by atoms with E-state index in [0.717, 1.165) is 12.8 Å². The summed E-state index contributed by atoms with van der Waals surface area (Å²) in [6, 6.07) is 13.5. The minimum Gasteiger partial charge on any atom is -0.459 e. The van der Waals surface area contributed by atoms with Gasteiger partial charge in [0.1, 0.15) is 11.3 Å². The summed E-state index contributed by atoms with van der Waals surface area (Å²) in [7, 11) is -3.73. The Morgan fingerprint density at radius 1 is 1.00 bits per heavy atom. The van der Waals surface area contributed by atoms with Gasteiger partial charge in [0.2, 0.25) is 5.95 Å². The molecule has 3 N–H and O–H groups in total. The van der Waals surface area contributed by atoms with Gasteiger partial charge in [0.15, 0.2) is 11.4 Å². The number of anilines is 4. The van der Waals surface area contributed by atoms with Gasteiger partial charge >= 0.3 is 0 Å². The summed E-state index contributed by atoms with van der Waals surface area (Å²) < 4.78 is 33.0. The standard InChI is InChI=1S/C20H18N6O3S/c27-30(28,26-17-3-1-2-11-21-17)15-8-6-14(7-9-15)23-20-24-16-10-12-29-18(16)19(25-20)22-13-4-5-13/h1-3,6-13H,4-5H2,(H,21,26)(H2,22,23,24,25). The minimum atomic E-state index is -3.73. The van der Waals surface area contributed by atoms with Crippen LogP contribution in [0.25, 0.3) is 11.1 Å². The van der Waals surface area contributed by atoms with Crippen LogP contribution in [0.4, 0.5) is 23.3 Å². The molecule has 3 heterocycles. The van der Waals surface area contributed by atoms with E-state index < -0.39 is 10.0 Å². The van der Waals surface area contributed by atoms with E-state index in [1.54, 1.807) is 42.7 Å². The maximum Gasteiger partial charge on any atom is 0.263 e. The summed E-state index contributed by atoms with van der Waals surface area (Å²) in [4.78, 5) is 13.1. The van der Waals surface area contributed by atoms with Crippen LogP contribution in [0.3, 0.4) is 0 Å². The lowest BCUT2D eigenvalue weighted by Crippen LogP contribution is -2.13. The number of hydrogen-bond acceptors (Lipinski definition) is 8. The molecule has 9 nitrogen and oxygen atoms in total. The molecule has 10 heteroatoms. The third-order valence-electron chi connectivity index (χ3n) is 4.55. The SMILES string of the molecule is O=S(=O)(Nc1ccccn1)c1ccc(Nc2nc(NC3CC3)c3occc3n2)cc1. The number of fused-ring (bicyclic) bond motifs is 1. The van der Waals surface area contributed by atoms with Gasteiger partial charge in [0, 0.05) is 24.0 Å². The molecule has 1 aliphatic rings. The van der Waals surface area contributed by atoms with Crippen molar-refractivity contribution in [3.63, 3.8) is 0 Å². The van der Waals surface area contributed by atoms with E-state index in [4.69, 9.17) is 4.42 Å². The predicted molar refractivity (Wildman–Crippen MR) is 113 cm³/mol. The van der Waals surface area contributed by atoms with Crippen molar-refractivity contribution in [3.8, 4) is 0 Å². The third-order valence-corrected chi connectivity index (χ3v) is 5.92. The predicted octanol–water partition coefficient (Wildman–Crippen LogP) is 3.74. The van der Waals surface area contributed by atoms with Crippen molar-refractivity contribution in [1.29, 1.82) is 0 Å². The van der Waals surface area contributed by atoms with Crippen molar-refractivity contribution in [1.82, 2.24) is 15.0 Å². The Morgan fingerprint density at radius 2 is 1.83 bits per heavy atom. The lowest BCUT2D eigenvalue weighted by atomic mass is 10.3. The van der Waals surface area contributed by atoms with Gasteiger partial charge in [-0.05, 0) is 49.2 Å². The number of rotatable bonds is 7. The largest absolute Gasteiger partial charge is 0.459 e. The Bertz CT molecular complexity index is 1290. The van der Waals surface area contributed by atoms with Crippen molar-refractivity contribution in [2.24, 2.45) is 0 Å². The van der Waals surface area contributed by atoms with Crippen LogP contribution in [0.5, 0.6) is 0 Å². The Labute approximate surface area is 172 Å². The van der Waals surface area contributed by atoms with E-state index in [1.807, 2.05) is 0 Å². The minimum absolute atomic E-state index is 0.126. The summed E-state index contributed by atoms with van der Waals surface area (Å²) >= 11 is 0. The Balaban J connectivity index is 1.36. The molecule has 1 saturated carbocycles. The third kappa shape index (κ3) is 3.90. The molecule has 0 spiro atoms. The van der Waals surface area contributed by atoms with Crippen LogP contribution in [0, 0.1) is 0 Å². The molecule has 0 aliphatic heterocycles. The van der Waals surface area contributed by atoms with E-state index >= 15 is 0 Å². The highest BCUT2D eigenvalue weighted by molar-refractivity contribution is 7.92. The molecule has 152 valence electrons. The molecule has 0 unspecified atom stereocenters. The first-order valence-electron chi connectivity index (χ1n) is 9.39. The molecule has 0 atom stereocenters. The highest BCUT2D eigenvalue weighted by atomic mass is 32.2. The lowest BCUT2D eigenvalue weighted by Gasteiger charge is -2.10. The highest BCUT2D eigenvalue weighted by Crippen LogP contribution is 2.30. The Hall–Kier alpha value is -3.66. The highest BCUT2D eigenvalue weighted by Gasteiger charge is 2.24. The van der Waals surface area contributed by atoms with Crippen molar-refractivity contribution < 1.29 is 12.8 Å². The fraction of sp³-hybridized carbons (Fsp3) is 0.150. The number of furan rings is 1. The fourth-order valence-electron chi connectivity index (χ4n) is 2.90. The number of nitrogens with zero attached hydrogens (tertiary/aromatic N) is 3. The summed E-state index contributed by atoms with van der Waals surface area (Å²) in [5, 5.41) is 6.46. The fourth-order valence-corrected chi connectivity index (χ4v) is 3.91. The van der Waals surface area contributed by atoms with Gasteiger partial charge in [-0.1, -0.05) is 6.07 Å². The monoisotopic (exact) mass is 422 g/mol. The number of benzene rings is 1. The van der Waals surface area contributed by atoms with Crippen LogP contribution < -0.4 is 15.4 Å². The number of hydrogen-bond donors (Lipinski definition) is 3. The molecule has 0 bridgehead atoms. The van der Waals surface area contributed by atoms with Gasteiger partial charge in [-0.2, -0.15) is 4.98 Å². The zero-order valence-electron chi connectivity index (χ0n) is 15.7. The summed E-state index contributed by atoms with van der Waals surface area (Å²) in [5.41, 5.74) is 1.97. The normalized spacial score (nSPS) is 13.9. The van der Waals surface area contributed by atoms with Crippen LogP contribution in [-0.2, 0) is 10.0 Å². The van der Waals surface area contributed by atoms with Crippen LogP contribution in [0.15, 0.2) is 70.3 Å². The summed E-state index contributed by atoms with van der Waals surface area (Å²) in [5.74, 6) is 1.31. The van der Waals surface area contributed by atoms with E-state index in [1.165, 1.54) is 18.3 Å². The molecule has 0 saturated heterocycles. The van der Waals surface area contributed by atoms with Gasteiger partial charge in [-0.25, -0.2) is 18.4 Å². The smallest absolute Gasteiger partial charge is 0.263 e. The lowest BCUT2D eigenvalue weighted by molar-refractivity contribution is 0.601. The molecular weight excluding hydrogens is 404 g/mol. The second-order valence-corrected chi connectivity index (χ2v) is 8.60. The van der Waals surface area contributed by atoms with E-state index in [0.29, 0.717) is 34.6 Å². The number of sulfonamides is 1. The molecule has 1 fully saturated rings. The first-order valence-corrected chi connectivity index (χ1v) is 10.9. The number of aromatic nitrogens is 3. The zero-order valence-corrected chi connectivity index (χ0v) is 16.6. The van der Waals surface area contributed by atoms with Crippen molar-refractivity contribution in [3.05, 3.63) is 61.0 Å². The molecule has 4 aromatic rings. The maximum atomic E-state index is 12.5. The van der Waals surface area contributed by atoms with E-state index in [2.05, 4.69) is 30.3 Å². The first kappa shape index (κ1) is 18.4. The van der Waals surface area contributed by atoms with E-state index in [-0.39, 0.29) is 10.7 Å². The molecule has 0 radical (unpaired) electrons. The molecular formula is C20H18N6O3S. The number of pyridine rings is 1. The molecule has 1 aliphatic carbocycles. The van der Waals surface area contributed by atoms with Gasteiger partial charge in [-0.3, -0.25) is 4.72 Å². The van der Waals surface area contributed by atoms with Gasteiger partial charge in [0.25, 0.3) is 10.0 Å². The van der Waals surface area contributed by atoms with Crippen LogP contribution >= 0.6 is 0 Å². The average Bonchev–Trinajstić information content (AvgIpc) is 3.42. The summed E-state index contributed by atoms with van der Waals surface area (Å²) in [6.45, 7) is 0. The van der Waals surface area contributed by atoms with Crippen LogP contribution in [0.2, 0.25) is 0 Å².